The van der Waals surface area contributed by atoms with Crippen LogP contribution in [0.3, 0.4) is 0 Å². The molecular weight excluding hydrogens is 289 g/mol. The Labute approximate surface area is 130 Å². The summed E-state index contributed by atoms with van der Waals surface area (Å²) in [6.07, 6.45) is 3.17. The summed E-state index contributed by atoms with van der Waals surface area (Å²) in [6, 6.07) is 8.02. The van der Waals surface area contributed by atoms with Gasteiger partial charge in [0.05, 0.1) is 13.7 Å². The molecule has 0 aromatic heterocycles. The Kier molecular flexibility index (Phi) is 12.3. The molecule has 0 saturated carbocycles. The summed E-state index contributed by atoms with van der Waals surface area (Å²) in [5.74, 6) is 0.886. The predicted octanol–water partition coefficient (Wildman–Crippen LogP) is 3.58. The topological polar surface area (TPSA) is 18.5 Å². The number of methoxy groups -OCH3 is 2. The molecule has 0 fully saturated rings. The van der Waals surface area contributed by atoms with Crippen molar-refractivity contribution in [1.29, 1.82) is 0 Å². The molecule has 0 heterocycles. The number of hydrogen-bond acceptors (Lipinski definition) is 2. The standard InChI is InChI=1S/C13H18O2.CH3.Y/c1-4-11(10-14-2)9-12-5-7-13(15-3)8-6-12;;/h5-9H,4,10H2,1-3H3;1H3;/q;-1;/b11-9+;;. The monoisotopic (exact) mass is 310 g/mol. The van der Waals surface area contributed by atoms with Gasteiger partial charge in [-0.1, -0.05) is 25.1 Å². The molecule has 0 unspecified atom stereocenters. The van der Waals surface area contributed by atoms with Crippen LogP contribution in [0.15, 0.2) is 29.8 Å². The second-order valence-electron chi connectivity index (χ2n) is 3.36. The van der Waals surface area contributed by atoms with Gasteiger partial charge >= 0.3 is 0 Å². The average Bonchev–Trinajstić information content (AvgIpc) is 2.29. The first-order chi connectivity index (χ1) is 7.30. The number of benzene rings is 1. The third-order valence-corrected chi connectivity index (χ3v) is 2.27. The first kappa shape index (κ1) is 19.2. The van der Waals surface area contributed by atoms with Gasteiger partial charge in [0, 0.05) is 39.8 Å². The van der Waals surface area contributed by atoms with Crippen molar-refractivity contribution >= 4 is 6.08 Å². The summed E-state index contributed by atoms with van der Waals surface area (Å²) in [4.78, 5) is 0. The Morgan fingerprint density at radius 2 is 1.76 bits per heavy atom. The van der Waals surface area contributed by atoms with Gasteiger partial charge in [-0.25, -0.2) is 0 Å². The third-order valence-electron chi connectivity index (χ3n) is 2.27. The van der Waals surface area contributed by atoms with Gasteiger partial charge in [-0.2, -0.15) is 0 Å². The Hall–Kier alpha value is -0.176. The van der Waals surface area contributed by atoms with Gasteiger partial charge in [-0.15, -0.1) is 0 Å². The smallest absolute Gasteiger partial charge is 0.118 e. The first-order valence-corrected chi connectivity index (χ1v) is 5.12. The van der Waals surface area contributed by atoms with Crippen LogP contribution in [0.25, 0.3) is 6.08 Å². The molecule has 93 valence electrons. The van der Waals surface area contributed by atoms with E-state index in [0.29, 0.717) is 6.61 Å². The molecule has 2 nitrogen and oxygen atoms in total. The zero-order valence-electron chi connectivity index (χ0n) is 11.2. The molecule has 0 bridgehead atoms. The van der Waals surface area contributed by atoms with Gasteiger partial charge in [0.1, 0.15) is 5.75 Å². The molecule has 0 aliphatic carbocycles. The molecule has 0 amide bonds. The fourth-order valence-electron chi connectivity index (χ4n) is 1.37. The fourth-order valence-corrected chi connectivity index (χ4v) is 1.37. The van der Waals surface area contributed by atoms with Gasteiger partial charge in [-0.3, -0.25) is 0 Å². The van der Waals surface area contributed by atoms with E-state index in [2.05, 4.69) is 13.0 Å². The Bertz CT molecular complexity index is 317. The molecule has 1 radical (unpaired) electrons. The second-order valence-corrected chi connectivity index (χ2v) is 3.36. The fraction of sp³-hybridized carbons (Fsp3) is 0.357. The van der Waals surface area contributed by atoms with E-state index in [4.69, 9.17) is 9.47 Å². The van der Waals surface area contributed by atoms with E-state index in [1.54, 1.807) is 14.2 Å². The third kappa shape index (κ3) is 6.97. The van der Waals surface area contributed by atoms with Crippen LogP contribution in [0.1, 0.15) is 18.9 Å². The minimum Gasteiger partial charge on any atom is -0.497 e. The van der Waals surface area contributed by atoms with Crippen LogP contribution in [0.4, 0.5) is 0 Å². The molecule has 3 heteroatoms. The molecule has 0 saturated heterocycles. The predicted molar refractivity (Wildman–Crippen MR) is 69.6 cm³/mol. The molecule has 0 atom stereocenters. The summed E-state index contributed by atoms with van der Waals surface area (Å²) in [7, 11) is 3.39. The van der Waals surface area contributed by atoms with E-state index in [1.807, 2.05) is 24.3 Å². The minimum absolute atomic E-state index is 0. The van der Waals surface area contributed by atoms with E-state index < -0.39 is 0 Å². The molecule has 1 rings (SSSR count). The minimum atomic E-state index is 0. The van der Waals surface area contributed by atoms with Gasteiger partial charge in [0.15, 0.2) is 0 Å². The van der Waals surface area contributed by atoms with Crippen LogP contribution in [0.2, 0.25) is 0 Å². The van der Waals surface area contributed by atoms with Crippen molar-refractivity contribution < 1.29 is 42.2 Å². The molecule has 0 spiro atoms. The van der Waals surface area contributed by atoms with Crippen LogP contribution < -0.4 is 4.74 Å². The Morgan fingerprint density at radius 1 is 1.18 bits per heavy atom. The maximum Gasteiger partial charge on any atom is 0.118 e. The SMILES string of the molecule is CC/C(=C\c1ccc(OC)cc1)COC.[CH3-].[Y]. The van der Waals surface area contributed by atoms with Crippen molar-refractivity contribution in [2.45, 2.75) is 13.3 Å². The number of hydrogen-bond donors (Lipinski definition) is 0. The molecule has 0 N–H and O–H groups in total. The summed E-state index contributed by atoms with van der Waals surface area (Å²) >= 11 is 0. The van der Waals surface area contributed by atoms with Crippen molar-refractivity contribution in [2.24, 2.45) is 0 Å². The van der Waals surface area contributed by atoms with Crippen molar-refractivity contribution in [3.63, 3.8) is 0 Å². The van der Waals surface area contributed by atoms with Crippen LogP contribution in [-0.2, 0) is 37.4 Å². The average molecular weight is 310 g/mol. The van der Waals surface area contributed by atoms with E-state index in [1.165, 1.54) is 11.1 Å². The Morgan fingerprint density at radius 3 is 2.18 bits per heavy atom. The van der Waals surface area contributed by atoms with E-state index >= 15 is 0 Å². The van der Waals surface area contributed by atoms with Gasteiger partial charge < -0.3 is 16.9 Å². The largest absolute Gasteiger partial charge is 0.497 e. The molecule has 17 heavy (non-hydrogen) atoms. The maximum absolute atomic E-state index is 5.12. The van der Waals surface area contributed by atoms with Gasteiger partial charge in [0.2, 0.25) is 0 Å². The zero-order chi connectivity index (χ0) is 11.1. The van der Waals surface area contributed by atoms with Crippen molar-refractivity contribution in [3.05, 3.63) is 42.8 Å². The van der Waals surface area contributed by atoms with Crippen LogP contribution in [0.5, 0.6) is 5.75 Å². The van der Waals surface area contributed by atoms with E-state index in [9.17, 15) is 0 Å². The number of rotatable bonds is 5. The van der Waals surface area contributed by atoms with Crippen molar-refractivity contribution in [1.82, 2.24) is 0 Å². The van der Waals surface area contributed by atoms with Gasteiger partial charge in [0.25, 0.3) is 0 Å². The Balaban J connectivity index is 0. The van der Waals surface area contributed by atoms with E-state index in [0.717, 1.165) is 12.2 Å². The summed E-state index contributed by atoms with van der Waals surface area (Å²) < 4.78 is 10.2. The van der Waals surface area contributed by atoms with E-state index in [-0.39, 0.29) is 40.1 Å². The van der Waals surface area contributed by atoms with Gasteiger partial charge in [-0.05, 0) is 29.7 Å². The van der Waals surface area contributed by atoms with Crippen LogP contribution >= 0.6 is 0 Å². The van der Waals surface area contributed by atoms with Crippen LogP contribution in [0, 0.1) is 7.43 Å². The summed E-state index contributed by atoms with van der Waals surface area (Å²) in [6.45, 7) is 2.83. The quantitative estimate of drug-likeness (QED) is 0.774. The normalized spacial score (nSPS) is 10.2. The zero-order valence-corrected chi connectivity index (χ0v) is 14.0. The molecule has 1 aromatic rings. The summed E-state index contributed by atoms with van der Waals surface area (Å²) in [5, 5.41) is 0. The van der Waals surface area contributed by atoms with Crippen molar-refractivity contribution in [2.75, 3.05) is 20.8 Å². The maximum atomic E-state index is 5.12. The molecule has 1 aromatic carbocycles. The van der Waals surface area contributed by atoms with Crippen molar-refractivity contribution in [3.8, 4) is 5.75 Å². The van der Waals surface area contributed by atoms with Crippen LogP contribution in [-0.4, -0.2) is 20.8 Å². The number of ether oxygens (including phenoxy) is 2. The second kappa shape index (κ2) is 10.9. The summed E-state index contributed by atoms with van der Waals surface area (Å²) in [5.41, 5.74) is 2.48. The molecular formula is C14H21O2Y-. The molecule has 0 aliphatic heterocycles. The molecule has 0 aliphatic rings. The first-order valence-electron chi connectivity index (χ1n) is 5.12.